The molecule has 0 radical (unpaired) electrons. The summed E-state index contributed by atoms with van der Waals surface area (Å²) in [5, 5.41) is 10.9. The van der Waals surface area contributed by atoms with Gasteiger partial charge in [-0.1, -0.05) is 0 Å². The van der Waals surface area contributed by atoms with E-state index >= 15 is 0 Å². The predicted molar refractivity (Wildman–Crippen MR) is 39.8 cm³/mol. The normalized spacial score (nSPS) is 17.4. The number of aliphatic hydroxyl groups excluding tert-OH is 1. The second-order valence-electron chi connectivity index (χ2n) is 1.87. The first kappa shape index (κ1) is 9.84. The summed E-state index contributed by atoms with van der Waals surface area (Å²) in [6.45, 7) is 4.31. The van der Waals surface area contributed by atoms with Gasteiger partial charge in [-0.25, -0.2) is 0 Å². The zero-order valence-electron chi connectivity index (χ0n) is 6.18. The number of nitrogens with one attached hydrogen (secondary N) is 1. The highest BCUT2D eigenvalue weighted by atomic mass is 16.5. The quantitative estimate of drug-likeness (QED) is 0.425. The molecule has 0 aromatic carbocycles. The molecule has 0 aromatic heterocycles. The van der Waals surface area contributed by atoms with Gasteiger partial charge in [0.1, 0.15) is 0 Å². The summed E-state index contributed by atoms with van der Waals surface area (Å²) >= 11 is 0. The molecule has 10 heavy (non-hydrogen) atoms. The molecule has 0 atom stereocenters. The van der Waals surface area contributed by atoms with Crippen molar-refractivity contribution in [2.24, 2.45) is 5.73 Å². The molecule has 1 saturated heterocycles. The second kappa shape index (κ2) is 8.84. The van der Waals surface area contributed by atoms with Crippen LogP contribution in [0.1, 0.15) is 0 Å². The van der Waals surface area contributed by atoms with Crippen molar-refractivity contribution in [2.45, 2.75) is 0 Å². The lowest BCUT2D eigenvalue weighted by molar-refractivity contribution is 0.109. The van der Waals surface area contributed by atoms with Gasteiger partial charge in [0.2, 0.25) is 0 Å². The fourth-order valence-electron chi connectivity index (χ4n) is 0.516. The lowest BCUT2D eigenvalue weighted by Crippen LogP contribution is -2.30. The summed E-state index contributed by atoms with van der Waals surface area (Å²) in [7, 11) is 0. The van der Waals surface area contributed by atoms with Gasteiger partial charge in [0, 0.05) is 19.6 Å². The second-order valence-corrected chi connectivity index (χ2v) is 1.87. The molecule has 1 rings (SSSR count). The van der Waals surface area contributed by atoms with Crippen LogP contribution >= 0.6 is 0 Å². The first-order valence-corrected chi connectivity index (χ1v) is 3.51. The van der Waals surface area contributed by atoms with E-state index in [4.69, 9.17) is 15.6 Å². The van der Waals surface area contributed by atoms with Crippen LogP contribution in [0.25, 0.3) is 0 Å². The summed E-state index contributed by atoms with van der Waals surface area (Å²) < 4.78 is 5.01. The van der Waals surface area contributed by atoms with Gasteiger partial charge < -0.3 is 20.9 Å². The third kappa shape index (κ3) is 7.84. The van der Waals surface area contributed by atoms with Gasteiger partial charge in [0.05, 0.1) is 19.8 Å². The standard InChI is InChI=1S/C4H9NO.C2H7NO/c1-3-6-4-2-5-1;3-1-2-4/h5H,1-4H2;4H,1-3H2. The molecule has 1 heterocycles. The Bertz CT molecular complexity index is 44.2. The number of aliphatic hydroxyl groups is 1. The number of hydrogen-bond acceptors (Lipinski definition) is 4. The van der Waals surface area contributed by atoms with E-state index in [1.165, 1.54) is 0 Å². The van der Waals surface area contributed by atoms with Crippen LogP contribution in [0.3, 0.4) is 0 Å². The molecule has 1 aliphatic rings. The van der Waals surface area contributed by atoms with Crippen LogP contribution in [0, 0.1) is 0 Å². The number of hydrogen-bond donors (Lipinski definition) is 3. The number of morpholine rings is 1. The minimum Gasteiger partial charge on any atom is -0.395 e. The van der Waals surface area contributed by atoms with Crippen LogP contribution in [0.15, 0.2) is 0 Å². The zero-order chi connectivity index (χ0) is 7.66. The SMILES string of the molecule is C1COCCN1.NCCO. The summed E-state index contributed by atoms with van der Waals surface area (Å²) in [6, 6.07) is 0. The number of rotatable bonds is 1. The minimum atomic E-state index is 0.0972. The monoisotopic (exact) mass is 148 g/mol. The van der Waals surface area contributed by atoms with E-state index in [1.54, 1.807) is 0 Å². The van der Waals surface area contributed by atoms with Gasteiger partial charge in [-0.15, -0.1) is 0 Å². The third-order valence-electron chi connectivity index (χ3n) is 0.975. The van der Waals surface area contributed by atoms with Crippen molar-refractivity contribution in [3.63, 3.8) is 0 Å². The van der Waals surface area contributed by atoms with Crippen LogP contribution in [-0.2, 0) is 4.74 Å². The van der Waals surface area contributed by atoms with Crippen molar-refractivity contribution in [3.05, 3.63) is 0 Å². The maximum absolute atomic E-state index is 7.75. The smallest absolute Gasteiger partial charge is 0.0591 e. The molecule has 1 fully saturated rings. The molecule has 4 nitrogen and oxygen atoms in total. The van der Waals surface area contributed by atoms with Gasteiger partial charge in [-0.2, -0.15) is 0 Å². The lowest BCUT2D eigenvalue weighted by atomic mass is 10.5. The van der Waals surface area contributed by atoms with Crippen LogP contribution in [0.4, 0.5) is 0 Å². The zero-order valence-corrected chi connectivity index (χ0v) is 6.18. The molecule has 0 spiro atoms. The van der Waals surface area contributed by atoms with E-state index in [2.05, 4.69) is 5.32 Å². The fraction of sp³-hybridized carbons (Fsp3) is 1.00. The van der Waals surface area contributed by atoms with Crippen LogP contribution < -0.4 is 11.1 Å². The van der Waals surface area contributed by atoms with E-state index in [0.717, 1.165) is 26.3 Å². The molecule has 0 aliphatic carbocycles. The number of ether oxygens (including phenoxy) is 1. The van der Waals surface area contributed by atoms with Crippen LogP contribution in [0.5, 0.6) is 0 Å². The molecule has 0 saturated carbocycles. The molecule has 4 heteroatoms. The maximum atomic E-state index is 7.75. The average molecular weight is 148 g/mol. The Morgan fingerprint density at radius 2 is 1.90 bits per heavy atom. The van der Waals surface area contributed by atoms with Crippen molar-refractivity contribution >= 4 is 0 Å². The van der Waals surface area contributed by atoms with E-state index in [0.29, 0.717) is 6.54 Å². The summed E-state index contributed by atoms with van der Waals surface area (Å²) in [5.74, 6) is 0. The summed E-state index contributed by atoms with van der Waals surface area (Å²) in [5.41, 5.74) is 4.78. The number of nitrogens with two attached hydrogens (primary N) is 1. The summed E-state index contributed by atoms with van der Waals surface area (Å²) in [6.07, 6.45) is 0. The Morgan fingerprint density at radius 1 is 1.40 bits per heavy atom. The fourth-order valence-corrected chi connectivity index (χ4v) is 0.516. The van der Waals surface area contributed by atoms with Crippen molar-refractivity contribution in [2.75, 3.05) is 39.5 Å². The molecule has 0 bridgehead atoms. The van der Waals surface area contributed by atoms with E-state index in [9.17, 15) is 0 Å². The minimum absolute atomic E-state index is 0.0972. The van der Waals surface area contributed by atoms with Crippen molar-refractivity contribution < 1.29 is 9.84 Å². The molecule has 1 aliphatic heterocycles. The topological polar surface area (TPSA) is 67.5 Å². The molecule has 4 N–H and O–H groups in total. The Hall–Kier alpha value is -0.160. The third-order valence-corrected chi connectivity index (χ3v) is 0.975. The van der Waals surface area contributed by atoms with Gasteiger partial charge in [-0.05, 0) is 0 Å². The Labute approximate surface area is 61.4 Å². The van der Waals surface area contributed by atoms with E-state index in [-0.39, 0.29) is 6.61 Å². The highest BCUT2D eigenvalue weighted by Crippen LogP contribution is 1.76. The first-order valence-electron chi connectivity index (χ1n) is 3.51. The molecule has 0 amide bonds. The Morgan fingerprint density at radius 3 is 2.00 bits per heavy atom. The Balaban J connectivity index is 0.000000180. The van der Waals surface area contributed by atoms with Crippen LogP contribution in [-0.4, -0.2) is 44.6 Å². The maximum Gasteiger partial charge on any atom is 0.0591 e. The van der Waals surface area contributed by atoms with Crippen molar-refractivity contribution in [3.8, 4) is 0 Å². The van der Waals surface area contributed by atoms with Gasteiger partial charge in [-0.3, -0.25) is 0 Å². The molecular formula is C6H16N2O2. The molecular weight excluding hydrogens is 132 g/mol. The first-order chi connectivity index (χ1) is 4.91. The molecule has 0 aromatic rings. The lowest BCUT2D eigenvalue weighted by Gasteiger charge is -2.10. The van der Waals surface area contributed by atoms with Gasteiger partial charge in [0.25, 0.3) is 0 Å². The molecule has 0 unspecified atom stereocenters. The van der Waals surface area contributed by atoms with E-state index in [1.807, 2.05) is 0 Å². The van der Waals surface area contributed by atoms with Gasteiger partial charge >= 0.3 is 0 Å². The largest absolute Gasteiger partial charge is 0.395 e. The predicted octanol–water partition coefficient (Wildman–Crippen LogP) is -1.46. The van der Waals surface area contributed by atoms with Crippen molar-refractivity contribution in [1.29, 1.82) is 0 Å². The Kier molecular flexibility index (Phi) is 8.70. The van der Waals surface area contributed by atoms with E-state index < -0.39 is 0 Å². The highest BCUT2D eigenvalue weighted by Gasteiger charge is 1.92. The average Bonchev–Trinajstić information content (AvgIpc) is 2.08. The van der Waals surface area contributed by atoms with Crippen LogP contribution in [0.2, 0.25) is 0 Å². The van der Waals surface area contributed by atoms with Crippen molar-refractivity contribution in [1.82, 2.24) is 5.32 Å². The highest BCUT2D eigenvalue weighted by molar-refractivity contribution is 4.49. The van der Waals surface area contributed by atoms with Gasteiger partial charge in [0.15, 0.2) is 0 Å². The molecule has 62 valence electrons. The summed E-state index contributed by atoms with van der Waals surface area (Å²) in [4.78, 5) is 0.